The Balaban J connectivity index is 3.79. The third-order valence-corrected chi connectivity index (χ3v) is 2.74. The number of carbonyl (C=O) groups is 2. The van der Waals surface area contributed by atoms with E-state index in [0.717, 1.165) is 12.8 Å². The van der Waals surface area contributed by atoms with Gasteiger partial charge in [0.2, 0.25) is 6.29 Å². The van der Waals surface area contributed by atoms with Crippen LogP contribution in [0.3, 0.4) is 0 Å². The normalized spacial score (nSPS) is 11.4. The average molecular weight is 296 g/mol. The molecule has 0 aromatic carbocycles. The van der Waals surface area contributed by atoms with Crippen LogP contribution in [0, 0.1) is 0 Å². The molecule has 0 aliphatic heterocycles. The minimum absolute atomic E-state index is 0.444. The smallest absolute Gasteiger partial charge is 0.305 e. The van der Waals surface area contributed by atoms with Crippen LogP contribution in [-0.2, 0) is 19.1 Å². The Morgan fingerprint density at radius 1 is 0.905 bits per heavy atom. The van der Waals surface area contributed by atoms with Crippen LogP contribution in [0.4, 0.5) is 0 Å². The molecule has 0 amide bonds. The van der Waals surface area contributed by atoms with Gasteiger partial charge in [-0.05, 0) is 25.7 Å². The quantitative estimate of drug-likeness (QED) is 0.247. The lowest BCUT2D eigenvalue weighted by atomic mass is 10.2. The van der Waals surface area contributed by atoms with Crippen molar-refractivity contribution < 1.29 is 19.1 Å². The summed E-state index contributed by atoms with van der Waals surface area (Å²) in [7, 11) is 0. The summed E-state index contributed by atoms with van der Waals surface area (Å²) >= 11 is 0. The van der Waals surface area contributed by atoms with Crippen molar-refractivity contribution >= 4 is 11.9 Å². The first-order valence-electron chi connectivity index (χ1n) is 7.70. The fraction of sp³-hybridized carbons (Fsp3) is 0.647. The first-order chi connectivity index (χ1) is 10.1. The number of hydrogen-bond donors (Lipinski definition) is 0. The highest BCUT2D eigenvalue weighted by Gasteiger charge is 2.13. The lowest BCUT2D eigenvalue weighted by Gasteiger charge is -2.15. The highest BCUT2D eigenvalue weighted by Crippen LogP contribution is 2.07. The number of esters is 2. The lowest BCUT2D eigenvalue weighted by Crippen LogP contribution is -2.22. The van der Waals surface area contributed by atoms with Crippen LogP contribution in [-0.4, -0.2) is 18.2 Å². The van der Waals surface area contributed by atoms with Gasteiger partial charge in [-0.3, -0.25) is 9.59 Å². The van der Waals surface area contributed by atoms with Crippen molar-refractivity contribution in [2.75, 3.05) is 0 Å². The second-order valence-corrected chi connectivity index (χ2v) is 4.90. The summed E-state index contributed by atoms with van der Waals surface area (Å²) < 4.78 is 9.83. The van der Waals surface area contributed by atoms with Gasteiger partial charge < -0.3 is 9.47 Å². The molecule has 0 N–H and O–H groups in total. The molecule has 0 aromatic rings. The van der Waals surface area contributed by atoms with Gasteiger partial charge in [-0.1, -0.05) is 44.1 Å². The van der Waals surface area contributed by atoms with E-state index < -0.39 is 18.2 Å². The molecule has 0 radical (unpaired) electrons. The maximum absolute atomic E-state index is 10.9. The van der Waals surface area contributed by atoms with Crippen LogP contribution in [0.2, 0.25) is 0 Å². The van der Waals surface area contributed by atoms with E-state index in [1.165, 1.54) is 33.1 Å². The molecule has 0 aliphatic carbocycles. The summed E-state index contributed by atoms with van der Waals surface area (Å²) in [5.41, 5.74) is 0. The minimum Gasteiger partial charge on any atom is -0.425 e. The third kappa shape index (κ3) is 14.6. The largest absolute Gasteiger partial charge is 0.425 e. The number of unbranched alkanes of at least 4 members (excludes halogenated alkanes) is 3. The summed E-state index contributed by atoms with van der Waals surface area (Å²) in [6.45, 7) is 4.80. The van der Waals surface area contributed by atoms with E-state index in [0.29, 0.717) is 12.8 Å². The fourth-order valence-corrected chi connectivity index (χ4v) is 1.76. The molecule has 0 aromatic heterocycles. The number of hydrogen-bond acceptors (Lipinski definition) is 4. The van der Waals surface area contributed by atoms with Crippen molar-refractivity contribution in [2.24, 2.45) is 0 Å². The first kappa shape index (κ1) is 19.4. The highest BCUT2D eigenvalue weighted by molar-refractivity contribution is 5.68. The van der Waals surface area contributed by atoms with Crippen LogP contribution in [0.15, 0.2) is 24.3 Å². The molecule has 0 spiro atoms. The second kappa shape index (κ2) is 13.4. The van der Waals surface area contributed by atoms with Gasteiger partial charge in [-0.25, -0.2) is 0 Å². The highest BCUT2D eigenvalue weighted by atomic mass is 16.7. The van der Waals surface area contributed by atoms with Crippen LogP contribution in [0.1, 0.15) is 65.7 Å². The Bertz CT molecular complexity index is 329. The van der Waals surface area contributed by atoms with Crippen molar-refractivity contribution in [2.45, 2.75) is 72.0 Å². The van der Waals surface area contributed by atoms with Crippen molar-refractivity contribution in [3.8, 4) is 0 Å². The molecule has 21 heavy (non-hydrogen) atoms. The summed E-state index contributed by atoms with van der Waals surface area (Å²) in [6, 6.07) is 0. The molecule has 0 fully saturated rings. The minimum atomic E-state index is -0.783. The Morgan fingerprint density at radius 3 is 2.00 bits per heavy atom. The monoisotopic (exact) mass is 296 g/mol. The van der Waals surface area contributed by atoms with Crippen molar-refractivity contribution in [1.29, 1.82) is 0 Å². The van der Waals surface area contributed by atoms with Crippen LogP contribution >= 0.6 is 0 Å². The van der Waals surface area contributed by atoms with E-state index in [4.69, 9.17) is 9.47 Å². The Hall–Kier alpha value is -1.58. The van der Waals surface area contributed by atoms with Gasteiger partial charge in [0.25, 0.3) is 0 Å². The molecule has 0 rings (SSSR count). The van der Waals surface area contributed by atoms with E-state index in [1.807, 2.05) is 6.08 Å². The van der Waals surface area contributed by atoms with Gasteiger partial charge in [-0.2, -0.15) is 0 Å². The predicted octanol–water partition coefficient (Wildman–Crippen LogP) is 4.30. The molecule has 0 saturated carbocycles. The molecule has 4 nitrogen and oxygen atoms in total. The summed E-state index contributed by atoms with van der Waals surface area (Å²) in [5, 5.41) is 0. The molecule has 4 heteroatoms. The van der Waals surface area contributed by atoms with E-state index in [1.54, 1.807) is 0 Å². The number of rotatable bonds is 11. The van der Waals surface area contributed by atoms with Gasteiger partial charge in [0, 0.05) is 20.3 Å². The molecule has 0 saturated heterocycles. The van der Waals surface area contributed by atoms with Crippen molar-refractivity contribution in [3.63, 3.8) is 0 Å². The molecule has 0 atom stereocenters. The molecule has 0 heterocycles. The summed E-state index contributed by atoms with van der Waals surface area (Å²) in [4.78, 5) is 21.8. The van der Waals surface area contributed by atoms with Gasteiger partial charge in [0.15, 0.2) is 0 Å². The maximum Gasteiger partial charge on any atom is 0.305 e. The van der Waals surface area contributed by atoms with Gasteiger partial charge >= 0.3 is 11.9 Å². The topological polar surface area (TPSA) is 52.6 Å². The van der Waals surface area contributed by atoms with Gasteiger partial charge in [0.1, 0.15) is 0 Å². The molecule has 0 unspecified atom stereocenters. The summed E-state index contributed by atoms with van der Waals surface area (Å²) in [6.07, 6.45) is 14.7. The molecule has 0 aliphatic rings. The maximum atomic E-state index is 10.9. The summed E-state index contributed by atoms with van der Waals surface area (Å²) in [5.74, 6) is -0.888. The lowest BCUT2D eigenvalue weighted by molar-refractivity contribution is -0.185. The Morgan fingerprint density at radius 2 is 1.48 bits per heavy atom. The van der Waals surface area contributed by atoms with E-state index in [2.05, 4.69) is 25.2 Å². The number of allylic oxidation sites excluding steroid dienone is 4. The van der Waals surface area contributed by atoms with Crippen LogP contribution < -0.4 is 0 Å². The third-order valence-electron chi connectivity index (χ3n) is 2.74. The van der Waals surface area contributed by atoms with Gasteiger partial charge in [0.05, 0.1) is 0 Å². The van der Waals surface area contributed by atoms with Crippen molar-refractivity contribution in [3.05, 3.63) is 24.3 Å². The van der Waals surface area contributed by atoms with Crippen LogP contribution in [0.5, 0.6) is 0 Å². The zero-order valence-electron chi connectivity index (χ0n) is 13.5. The van der Waals surface area contributed by atoms with Crippen LogP contribution in [0.25, 0.3) is 0 Å². The number of ether oxygens (including phenoxy) is 2. The zero-order valence-corrected chi connectivity index (χ0v) is 13.5. The fourth-order valence-electron chi connectivity index (χ4n) is 1.76. The molecule has 0 bridgehead atoms. The van der Waals surface area contributed by atoms with Gasteiger partial charge in [-0.15, -0.1) is 0 Å². The van der Waals surface area contributed by atoms with Crippen molar-refractivity contribution in [1.82, 2.24) is 0 Å². The molecule has 120 valence electrons. The first-order valence-corrected chi connectivity index (χ1v) is 7.70. The average Bonchev–Trinajstić information content (AvgIpc) is 2.39. The predicted molar refractivity (Wildman–Crippen MR) is 83.6 cm³/mol. The Kier molecular flexibility index (Phi) is 12.4. The Labute approximate surface area is 128 Å². The second-order valence-electron chi connectivity index (χ2n) is 4.90. The van der Waals surface area contributed by atoms with E-state index in [-0.39, 0.29) is 0 Å². The SMILES string of the molecule is CCCCC/C=C\C/C=C/CCC(OC(C)=O)OC(C)=O. The number of carbonyl (C=O) groups excluding carboxylic acids is 2. The van der Waals surface area contributed by atoms with E-state index in [9.17, 15) is 9.59 Å². The zero-order chi connectivity index (χ0) is 15.9. The molecular formula is C17H28O4. The van der Waals surface area contributed by atoms with E-state index >= 15 is 0 Å². The molecular weight excluding hydrogens is 268 g/mol. The standard InChI is InChI=1S/C17H28O4/c1-4-5-6-7-8-9-10-11-12-13-14-17(20-15(2)18)21-16(3)19/h8-9,11-12,17H,4-7,10,13-14H2,1-3H3/b9-8-,12-11+.